The highest BCUT2D eigenvalue weighted by atomic mass is 16.3. The van der Waals surface area contributed by atoms with Gasteiger partial charge in [0, 0.05) is 38.4 Å². The molecule has 1 N–H and O–H groups in total. The van der Waals surface area contributed by atoms with Gasteiger partial charge in [-0.3, -0.25) is 4.79 Å². The summed E-state index contributed by atoms with van der Waals surface area (Å²) in [7, 11) is 0. The molecule has 3 heterocycles. The molecule has 0 radical (unpaired) electrons. The summed E-state index contributed by atoms with van der Waals surface area (Å²) in [6, 6.07) is 0. The molecule has 2 aliphatic rings. The van der Waals surface area contributed by atoms with Crippen molar-refractivity contribution in [1.82, 2.24) is 19.4 Å². The van der Waals surface area contributed by atoms with Crippen LogP contribution in [-0.4, -0.2) is 68.7 Å². The molecule has 116 valence electrons. The van der Waals surface area contributed by atoms with Crippen LogP contribution < -0.4 is 0 Å². The summed E-state index contributed by atoms with van der Waals surface area (Å²) in [5.74, 6) is 0.126. The summed E-state index contributed by atoms with van der Waals surface area (Å²) >= 11 is 0. The molecular formula is C15H24N4O2. The predicted molar refractivity (Wildman–Crippen MR) is 78.7 cm³/mol. The number of hydrogen-bond donors (Lipinski definition) is 1. The average molecular weight is 292 g/mol. The minimum atomic E-state index is -0.713. The van der Waals surface area contributed by atoms with Crippen LogP contribution in [0.5, 0.6) is 0 Å². The molecule has 0 saturated carbocycles. The monoisotopic (exact) mass is 292 g/mol. The van der Waals surface area contributed by atoms with E-state index in [2.05, 4.69) is 9.88 Å². The molecule has 0 unspecified atom stereocenters. The highest BCUT2D eigenvalue weighted by molar-refractivity contribution is 5.76. The van der Waals surface area contributed by atoms with Gasteiger partial charge in [0.05, 0.1) is 18.5 Å². The van der Waals surface area contributed by atoms with Gasteiger partial charge in [0.15, 0.2) is 0 Å². The van der Waals surface area contributed by atoms with E-state index in [0.717, 1.165) is 13.1 Å². The molecule has 2 saturated heterocycles. The van der Waals surface area contributed by atoms with E-state index in [1.807, 2.05) is 15.7 Å². The lowest BCUT2D eigenvalue weighted by Gasteiger charge is -2.28. The van der Waals surface area contributed by atoms with E-state index >= 15 is 0 Å². The fraction of sp³-hybridized carbons (Fsp3) is 0.733. The van der Waals surface area contributed by atoms with Crippen molar-refractivity contribution in [3.8, 4) is 0 Å². The molecule has 1 aromatic rings. The molecule has 0 spiro atoms. The Hall–Kier alpha value is -1.40. The molecule has 1 atom stereocenters. The number of β-amino-alcohol motifs (C(OH)–C–C–N with tert-alkyl or cyclic N) is 1. The summed E-state index contributed by atoms with van der Waals surface area (Å²) < 4.78 is 1.91. The van der Waals surface area contributed by atoms with Crippen molar-refractivity contribution in [1.29, 1.82) is 0 Å². The van der Waals surface area contributed by atoms with E-state index in [9.17, 15) is 9.90 Å². The number of aliphatic hydroxyl groups is 1. The average Bonchev–Trinajstić information content (AvgIpc) is 3.18. The number of nitrogens with zero attached hydrogens (tertiary/aromatic N) is 4. The number of carbonyl (C=O) groups excluding carboxylic acids is 1. The zero-order valence-corrected chi connectivity index (χ0v) is 12.4. The van der Waals surface area contributed by atoms with E-state index in [-0.39, 0.29) is 5.91 Å². The first-order valence-corrected chi connectivity index (χ1v) is 7.83. The maximum atomic E-state index is 12.2. The van der Waals surface area contributed by atoms with Gasteiger partial charge in [0.2, 0.25) is 5.91 Å². The quantitative estimate of drug-likeness (QED) is 0.850. The largest absolute Gasteiger partial charge is 0.387 e. The standard InChI is InChI=1S/C15H24N4O2/c20-14(3-8-18-10-5-16-13-18)19-9-4-15(21,12-19)11-17-6-1-2-7-17/h5,10,13,21H,1-4,6-9,11-12H2/t15-/m0/s1. The normalized spacial score (nSPS) is 26.6. The van der Waals surface area contributed by atoms with Crippen LogP contribution in [0.2, 0.25) is 0 Å². The summed E-state index contributed by atoms with van der Waals surface area (Å²) in [5, 5.41) is 10.7. The fourth-order valence-electron chi connectivity index (χ4n) is 3.36. The molecule has 0 aromatic carbocycles. The minimum absolute atomic E-state index is 0.126. The van der Waals surface area contributed by atoms with Gasteiger partial charge in [-0.25, -0.2) is 4.98 Å². The highest BCUT2D eigenvalue weighted by Gasteiger charge is 2.39. The van der Waals surface area contributed by atoms with E-state index in [1.165, 1.54) is 12.8 Å². The molecule has 6 heteroatoms. The molecule has 21 heavy (non-hydrogen) atoms. The maximum absolute atomic E-state index is 12.2. The van der Waals surface area contributed by atoms with E-state index in [4.69, 9.17) is 0 Å². The highest BCUT2D eigenvalue weighted by Crippen LogP contribution is 2.24. The van der Waals surface area contributed by atoms with Crippen molar-refractivity contribution in [2.24, 2.45) is 0 Å². The summed E-state index contributed by atoms with van der Waals surface area (Å²) in [4.78, 5) is 20.3. The number of imidazole rings is 1. The van der Waals surface area contributed by atoms with Crippen LogP contribution in [-0.2, 0) is 11.3 Å². The lowest BCUT2D eigenvalue weighted by Crippen LogP contribution is -2.45. The number of rotatable bonds is 5. The third-order valence-electron chi connectivity index (χ3n) is 4.54. The smallest absolute Gasteiger partial charge is 0.224 e. The topological polar surface area (TPSA) is 61.6 Å². The van der Waals surface area contributed by atoms with Crippen molar-refractivity contribution in [3.63, 3.8) is 0 Å². The Labute approximate surface area is 125 Å². The van der Waals surface area contributed by atoms with Gasteiger partial charge in [-0.2, -0.15) is 0 Å². The van der Waals surface area contributed by atoms with E-state index in [1.54, 1.807) is 12.5 Å². The molecule has 6 nitrogen and oxygen atoms in total. The lowest BCUT2D eigenvalue weighted by atomic mass is 10.0. The molecule has 0 bridgehead atoms. The number of aromatic nitrogens is 2. The first kappa shape index (κ1) is 14.5. The second-order valence-electron chi connectivity index (χ2n) is 6.32. The van der Waals surface area contributed by atoms with Crippen LogP contribution in [0.15, 0.2) is 18.7 Å². The first-order chi connectivity index (χ1) is 10.1. The van der Waals surface area contributed by atoms with E-state index < -0.39 is 5.60 Å². The van der Waals surface area contributed by atoms with Crippen LogP contribution in [0.4, 0.5) is 0 Å². The van der Waals surface area contributed by atoms with Gasteiger partial charge < -0.3 is 19.5 Å². The second-order valence-corrected chi connectivity index (χ2v) is 6.32. The van der Waals surface area contributed by atoms with Crippen molar-refractivity contribution in [2.45, 2.75) is 37.8 Å². The molecule has 3 rings (SSSR count). The van der Waals surface area contributed by atoms with Gasteiger partial charge in [-0.1, -0.05) is 0 Å². The van der Waals surface area contributed by atoms with E-state index in [0.29, 0.717) is 39.0 Å². The number of aryl methyl sites for hydroxylation is 1. The zero-order valence-electron chi connectivity index (χ0n) is 12.4. The number of amides is 1. The molecule has 2 aliphatic heterocycles. The third kappa shape index (κ3) is 3.63. The maximum Gasteiger partial charge on any atom is 0.224 e. The van der Waals surface area contributed by atoms with Crippen molar-refractivity contribution in [2.75, 3.05) is 32.7 Å². The SMILES string of the molecule is O=C(CCn1ccnc1)N1CC[C@](O)(CN2CCCC2)C1. The Kier molecular flexibility index (Phi) is 4.26. The molecule has 1 amide bonds. The summed E-state index contributed by atoms with van der Waals surface area (Å²) in [5.41, 5.74) is -0.713. The molecular weight excluding hydrogens is 268 g/mol. The van der Waals surface area contributed by atoms with Gasteiger partial charge in [0.1, 0.15) is 0 Å². The Morgan fingerprint density at radius 2 is 2.10 bits per heavy atom. The van der Waals surface area contributed by atoms with Crippen LogP contribution in [0, 0.1) is 0 Å². The predicted octanol–water partition coefficient (Wildman–Crippen LogP) is 0.332. The summed E-state index contributed by atoms with van der Waals surface area (Å²) in [6.45, 7) is 4.67. The van der Waals surface area contributed by atoms with Crippen LogP contribution >= 0.6 is 0 Å². The number of likely N-dealkylation sites (tertiary alicyclic amines) is 2. The fourth-order valence-corrected chi connectivity index (χ4v) is 3.36. The Morgan fingerprint density at radius 3 is 2.81 bits per heavy atom. The van der Waals surface area contributed by atoms with Crippen molar-refractivity contribution in [3.05, 3.63) is 18.7 Å². The Bertz CT molecular complexity index is 470. The van der Waals surface area contributed by atoms with Crippen molar-refractivity contribution >= 4 is 5.91 Å². The lowest BCUT2D eigenvalue weighted by molar-refractivity contribution is -0.131. The van der Waals surface area contributed by atoms with Crippen LogP contribution in [0.25, 0.3) is 0 Å². The van der Waals surface area contributed by atoms with Gasteiger partial charge in [-0.05, 0) is 32.4 Å². The van der Waals surface area contributed by atoms with Gasteiger partial charge in [0.25, 0.3) is 0 Å². The van der Waals surface area contributed by atoms with Crippen LogP contribution in [0.1, 0.15) is 25.7 Å². The van der Waals surface area contributed by atoms with Crippen molar-refractivity contribution < 1.29 is 9.90 Å². The third-order valence-corrected chi connectivity index (χ3v) is 4.54. The Balaban J connectivity index is 1.47. The minimum Gasteiger partial charge on any atom is -0.387 e. The number of hydrogen-bond acceptors (Lipinski definition) is 4. The Morgan fingerprint density at radius 1 is 1.29 bits per heavy atom. The second kappa shape index (κ2) is 6.15. The van der Waals surface area contributed by atoms with Gasteiger partial charge in [-0.15, -0.1) is 0 Å². The van der Waals surface area contributed by atoms with Gasteiger partial charge >= 0.3 is 0 Å². The molecule has 1 aromatic heterocycles. The number of carbonyl (C=O) groups is 1. The van der Waals surface area contributed by atoms with Crippen LogP contribution in [0.3, 0.4) is 0 Å². The zero-order chi connectivity index (χ0) is 14.7. The first-order valence-electron chi connectivity index (χ1n) is 7.83. The summed E-state index contributed by atoms with van der Waals surface area (Å²) in [6.07, 6.45) is 8.92. The molecule has 0 aliphatic carbocycles. The molecule has 2 fully saturated rings.